The summed E-state index contributed by atoms with van der Waals surface area (Å²) in [5.41, 5.74) is -1.87. The Balaban J connectivity index is 4.05. The summed E-state index contributed by atoms with van der Waals surface area (Å²) >= 11 is 0. The Morgan fingerprint density at radius 2 is 2.11 bits per heavy atom. The fourth-order valence-corrected chi connectivity index (χ4v) is 0.869. The second kappa shape index (κ2) is 3.12. The molecule has 0 heterocycles. The van der Waals surface area contributed by atoms with Crippen molar-refractivity contribution in [3.63, 3.8) is 0 Å². The molecule has 1 atom stereocenters. The normalized spacial score (nSPS) is 15.4. The molecule has 9 heavy (non-hydrogen) atoms. The molecular weight excluding hydrogens is 147 g/mol. The highest BCUT2D eigenvalue weighted by molar-refractivity contribution is 7.91. The maximum atomic E-state index is 12.0. The average Bonchev–Trinajstić information content (AvgIpc) is 1.65. The van der Waals surface area contributed by atoms with E-state index >= 15 is 0 Å². The Labute approximate surface area is 53.4 Å². The third kappa shape index (κ3) is 2.76. The molecule has 0 aromatic carbocycles. The summed E-state index contributed by atoms with van der Waals surface area (Å²) in [5, 5.41) is 8.10. The van der Waals surface area contributed by atoms with Gasteiger partial charge in [-0.05, 0) is 6.92 Å². The molecular formula is C4H9FO3S. The molecule has 5 heteroatoms. The first kappa shape index (κ1) is 8.84. The van der Waals surface area contributed by atoms with Gasteiger partial charge in [-0.1, -0.05) is 0 Å². The van der Waals surface area contributed by atoms with E-state index in [1.807, 2.05) is 0 Å². The first-order valence-electron chi connectivity index (χ1n) is 2.47. The van der Waals surface area contributed by atoms with Gasteiger partial charge >= 0.3 is 0 Å². The lowest BCUT2D eigenvalue weighted by Crippen LogP contribution is -2.18. The van der Waals surface area contributed by atoms with Crippen LogP contribution < -0.4 is 0 Å². The van der Waals surface area contributed by atoms with Gasteiger partial charge in [-0.3, -0.25) is 0 Å². The quantitative estimate of drug-likeness (QED) is 0.610. The summed E-state index contributed by atoms with van der Waals surface area (Å²) in [6.45, 7) is 0.418. The smallest absolute Gasteiger partial charge is 0.198 e. The summed E-state index contributed by atoms with van der Waals surface area (Å²) in [7, 11) is -3.66. The maximum Gasteiger partial charge on any atom is 0.198 e. The number of sulfone groups is 1. The fraction of sp³-hybridized carbons (Fsp3) is 1.00. The standard InChI is InChI=1S/C4H9FO3S/c1-4(5)9(7,8)3-2-6/h4,6H,2-3H2,1H3. The fourth-order valence-electron chi connectivity index (χ4n) is 0.290. The highest BCUT2D eigenvalue weighted by Crippen LogP contribution is 2.01. The molecule has 0 saturated heterocycles. The number of hydrogen-bond donors (Lipinski definition) is 1. The molecule has 0 saturated carbocycles. The van der Waals surface area contributed by atoms with Gasteiger partial charge in [0.05, 0.1) is 12.4 Å². The average molecular weight is 156 g/mol. The monoisotopic (exact) mass is 156 g/mol. The van der Waals surface area contributed by atoms with Crippen LogP contribution in [0.3, 0.4) is 0 Å². The number of halogens is 1. The van der Waals surface area contributed by atoms with Crippen molar-refractivity contribution in [3.8, 4) is 0 Å². The number of rotatable bonds is 3. The van der Waals surface area contributed by atoms with Crippen LogP contribution in [0.15, 0.2) is 0 Å². The molecule has 0 amide bonds. The second-order valence-corrected chi connectivity index (χ2v) is 4.02. The highest BCUT2D eigenvalue weighted by atomic mass is 32.2. The van der Waals surface area contributed by atoms with E-state index in [4.69, 9.17) is 5.11 Å². The first-order valence-corrected chi connectivity index (χ1v) is 4.18. The summed E-state index contributed by atoms with van der Waals surface area (Å²) in [4.78, 5) is 0. The van der Waals surface area contributed by atoms with Crippen LogP contribution in [0.1, 0.15) is 6.92 Å². The van der Waals surface area contributed by atoms with E-state index in [2.05, 4.69) is 0 Å². The van der Waals surface area contributed by atoms with Crippen LogP contribution in [0.2, 0.25) is 0 Å². The zero-order valence-corrected chi connectivity index (χ0v) is 5.86. The van der Waals surface area contributed by atoms with Crippen LogP contribution in [0.4, 0.5) is 4.39 Å². The zero-order valence-electron chi connectivity index (χ0n) is 5.04. The molecule has 0 bridgehead atoms. The largest absolute Gasteiger partial charge is 0.395 e. The van der Waals surface area contributed by atoms with Crippen molar-refractivity contribution in [3.05, 3.63) is 0 Å². The van der Waals surface area contributed by atoms with Crippen molar-refractivity contribution in [2.45, 2.75) is 12.4 Å². The van der Waals surface area contributed by atoms with E-state index in [-0.39, 0.29) is 0 Å². The van der Waals surface area contributed by atoms with Gasteiger partial charge < -0.3 is 5.11 Å². The molecule has 0 spiro atoms. The van der Waals surface area contributed by atoms with Gasteiger partial charge in [-0.2, -0.15) is 0 Å². The third-order valence-corrected chi connectivity index (χ3v) is 2.61. The minimum atomic E-state index is -3.66. The molecule has 1 unspecified atom stereocenters. The molecule has 0 aliphatic rings. The van der Waals surface area contributed by atoms with Crippen LogP contribution >= 0.6 is 0 Å². The van der Waals surface area contributed by atoms with E-state index in [9.17, 15) is 12.8 Å². The SMILES string of the molecule is CC(F)S(=O)(=O)CCO. The van der Waals surface area contributed by atoms with E-state index in [0.29, 0.717) is 0 Å². The molecule has 0 aromatic heterocycles. The van der Waals surface area contributed by atoms with Crippen molar-refractivity contribution in [1.29, 1.82) is 0 Å². The van der Waals surface area contributed by atoms with Gasteiger partial charge in [0.25, 0.3) is 0 Å². The van der Waals surface area contributed by atoms with Gasteiger partial charge in [0.1, 0.15) is 0 Å². The third-order valence-electron chi connectivity index (χ3n) is 0.871. The molecule has 0 rings (SSSR count). The Morgan fingerprint density at radius 1 is 1.67 bits per heavy atom. The summed E-state index contributed by atoms with van der Waals surface area (Å²) in [6, 6.07) is 0. The van der Waals surface area contributed by atoms with Crippen molar-refractivity contribution in [1.82, 2.24) is 0 Å². The Bertz CT molecular complexity index is 161. The lowest BCUT2D eigenvalue weighted by atomic mass is 10.9. The predicted octanol–water partition coefficient (Wildman–Crippen LogP) is -0.291. The van der Waals surface area contributed by atoms with Gasteiger partial charge in [0, 0.05) is 0 Å². The van der Waals surface area contributed by atoms with Gasteiger partial charge in [-0.15, -0.1) is 0 Å². The lowest BCUT2D eigenvalue weighted by molar-refractivity contribution is 0.317. The van der Waals surface area contributed by atoms with E-state index in [1.54, 1.807) is 0 Å². The second-order valence-electron chi connectivity index (χ2n) is 1.63. The number of aliphatic hydroxyl groups is 1. The number of alkyl halides is 1. The van der Waals surface area contributed by atoms with Gasteiger partial charge in [-0.25, -0.2) is 12.8 Å². The minimum Gasteiger partial charge on any atom is -0.395 e. The van der Waals surface area contributed by atoms with E-state index in [0.717, 1.165) is 6.92 Å². The van der Waals surface area contributed by atoms with Crippen LogP contribution in [-0.4, -0.2) is 31.4 Å². The molecule has 0 radical (unpaired) electrons. The van der Waals surface area contributed by atoms with Crippen molar-refractivity contribution in [2.75, 3.05) is 12.4 Å². The summed E-state index contributed by atoms with van der Waals surface area (Å²) in [6.07, 6.45) is 0. The Morgan fingerprint density at radius 3 is 2.22 bits per heavy atom. The maximum absolute atomic E-state index is 12.0. The molecule has 0 fully saturated rings. The van der Waals surface area contributed by atoms with Crippen LogP contribution in [0.25, 0.3) is 0 Å². The van der Waals surface area contributed by atoms with Crippen molar-refractivity contribution in [2.24, 2.45) is 0 Å². The van der Waals surface area contributed by atoms with Crippen LogP contribution in [0.5, 0.6) is 0 Å². The van der Waals surface area contributed by atoms with Gasteiger partial charge in [0.15, 0.2) is 15.3 Å². The van der Waals surface area contributed by atoms with Crippen molar-refractivity contribution >= 4 is 9.84 Å². The summed E-state index contributed by atoms with van der Waals surface area (Å²) < 4.78 is 32.8. The topological polar surface area (TPSA) is 54.4 Å². The van der Waals surface area contributed by atoms with Gasteiger partial charge in [0.2, 0.25) is 0 Å². The minimum absolute atomic E-state index is 0.495. The number of hydrogen-bond acceptors (Lipinski definition) is 3. The summed E-state index contributed by atoms with van der Waals surface area (Å²) in [5.74, 6) is -0.495. The zero-order chi connectivity index (χ0) is 7.49. The first-order chi connectivity index (χ1) is 4.00. The van der Waals surface area contributed by atoms with Crippen LogP contribution in [0, 0.1) is 0 Å². The van der Waals surface area contributed by atoms with E-state index in [1.165, 1.54) is 0 Å². The molecule has 1 N–H and O–H groups in total. The molecule has 3 nitrogen and oxygen atoms in total. The van der Waals surface area contributed by atoms with Crippen molar-refractivity contribution < 1.29 is 17.9 Å². The van der Waals surface area contributed by atoms with E-state index < -0.39 is 27.7 Å². The predicted molar refractivity (Wildman–Crippen MR) is 31.4 cm³/mol. The molecule has 56 valence electrons. The highest BCUT2D eigenvalue weighted by Gasteiger charge is 2.17. The molecule has 0 aromatic rings. The number of aliphatic hydroxyl groups excluding tert-OH is 1. The Hall–Kier alpha value is -0.160. The lowest BCUT2D eigenvalue weighted by Gasteiger charge is -2.00. The molecule has 0 aliphatic carbocycles. The molecule has 0 aliphatic heterocycles. The Kier molecular flexibility index (Phi) is 3.07. The van der Waals surface area contributed by atoms with Crippen LogP contribution in [-0.2, 0) is 9.84 Å².